The molecule has 24 heavy (non-hydrogen) atoms. The molecule has 1 aromatic heterocycles. The summed E-state index contributed by atoms with van der Waals surface area (Å²) in [6.07, 6.45) is 3.27. The normalized spacial score (nSPS) is 15.3. The molecule has 0 aliphatic carbocycles. The molecule has 2 aromatic rings. The highest BCUT2D eigenvalue weighted by molar-refractivity contribution is 6.04. The highest BCUT2D eigenvalue weighted by atomic mass is 16.2. The fourth-order valence-electron chi connectivity index (χ4n) is 2.83. The molecule has 1 saturated heterocycles. The Morgan fingerprint density at radius 1 is 1.08 bits per heavy atom. The van der Waals surface area contributed by atoms with E-state index < -0.39 is 0 Å². The molecule has 1 aromatic carbocycles. The lowest BCUT2D eigenvalue weighted by Gasteiger charge is -2.34. The van der Waals surface area contributed by atoms with Gasteiger partial charge in [-0.05, 0) is 18.7 Å². The Morgan fingerprint density at radius 2 is 1.79 bits per heavy atom. The highest BCUT2D eigenvalue weighted by Gasteiger charge is 2.19. The van der Waals surface area contributed by atoms with Crippen LogP contribution in [0.2, 0.25) is 0 Å². The number of carbonyl (C=O) groups excluding carboxylic acids is 1. The molecule has 0 spiro atoms. The molecule has 0 N–H and O–H groups in total. The fourth-order valence-corrected chi connectivity index (χ4v) is 2.83. The number of anilines is 2. The Balaban J connectivity index is 1.67. The lowest BCUT2D eigenvalue weighted by atomic mass is 10.3. The van der Waals surface area contributed by atoms with Crippen LogP contribution in [0.5, 0.6) is 0 Å². The van der Waals surface area contributed by atoms with Crippen LogP contribution in [0.15, 0.2) is 42.7 Å². The predicted molar refractivity (Wildman–Crippen MR) is 95.5 cm³/mol. The lowest BCUT2D eigenvalue weighted by molar-refractivity contribution is 0.0988. The van der Waals surface area contributed by atoms with Crippen LogP contribution in [0.3, 0.4) is 0 Å². The van der Waals surface area contributed by atoms with Crippen LogP contribution in [0.25, 0.3) is 0 Å². The van der Waals surface area contributed by atoms with Crippen LogP contribution in [-0.2, 0) is 0 Å². The van der Waals surface area contributed by atoms with Gasteiger partial charge in [-0.1, -0.05) is 25.1 Å². The summed E-state index contributed by atoms with van der Waals surface area (Å²) in [5, 5.41) is 0. The molecule has 0 unspecified atom stereocenters. The third-order valence-electron chi connectivity index (χ3n) is 4.45. The fraction of sp³-hybridized carbons (Fsp3) is 0.389. The average molecular weight is 325 g/mol. The largest absolute Gasteiger partial charge is 0.353 e. The zero-order valence-corrected chi connectivity index (χ0v) is 14.2. The van der Waals surface area contributed by atoms with Gasteiger partial charge in [0.05, 0.1) is 12.4 Å². The summed E-state index contributed by atoms with van der Waals surface area (Å²) < 4.78 is 0. The van der Waals surface area contributed by atoms with Crippen molar-refractivity contribution in [3.8, 4) is 0 Å². The smallest absolute Gasteiger partial charge is 0.278 e. The van der Waals surface area contributed by atoms with Crippen LogP contribution in [0.1, 0.15) is 17.4 Å². The first-order chi connectivity index (χ1) is 11.7. The maximum Gasteiger partial charge on any atom is 0.278 e. The van der Waals surface area contributed by atoms with Crippen LogP contribution in [0, 0.1) is 0 Å². The van der Waals surface area contributed by atoms with Crippen LogP contribution >= 0.6 is 0 Å². The molecule has 0 bridgehead atoms. The lowest BCUT2D eigenvalue weighted by Crippen LogP contribution is -2.46. The maximum absolute atomic E-state index is 12.5. The predicted octanol–water partition coefficient (Wildman–Crippen LogP) is 1.90. The third kappa shape index (κ3) is 3.54. The minimum atomic E-state index is -0.156. The molecule has 1 aliphatic heterocycles. The Kier molecular flexibility index (Phi) is 5.05. The standard InChI is InChI=1S/C18H23N5O/c1-3-22-9-11-23(12-10-22)17-14-19-16(13-20-17)18(24)21(2)15-7-5-4-6-8-15/h4-8,13-14H,3,9-12H2,1-2H3. The first-order valence-corrected chi connectivity index (χ1v) is 8.31. The number of carbonyl (C=O) groups is 1. The monoisotopic (exact) mass is 325 g/mol. The topological polar surface area (TPSA) is 52.6 Å². The van der Waals surface area contributed by atoms with Crippen molar-refractivity contribution in [2.24, 2.45) is 0 Å². The van der Waals surface area contributed by atoms with Crippen molar-refractivity contribution in [3.05, 3.63) is 48.4 Å². The van der Waals surface area contributed by atoms with Crippen LogP contribution in [-0.4, -0.2) is 60.5 Å². The number of rotatable bonds is 4. The van der Waals surface area contributed by atoms with Crippen molar-refractivity contribution >= 4 is 17.4 Å². The second kappa shape index (κ2) is 7.40. The molecule has 6 nitrogen and oxygen atoms in total. The number of nitrogens with zero attached hydrogens (tertiary/aromatic N) is 5. The summed E-state index contributed by atoms with van der Waals surface area (Å²) in [7, 11) is 1.75. The third-order valence-corrected chi connectivity index (χ3v) is 4.45. The van der Waals surface area contributed by atoms with Crippen molar-refractivity contribution in [1.29, 1.82) is 0 Å². The van der Waals surface area contributed by atoms with Gasteiger partial charge in [0, 0.05) is 38.9 Å². The van der Waals surface area contributed by atoms with Gasteiger partial charge < -0.3 is 14.7 Å². The molecule has 1 fully saturated rings. The molecular weight excluding hydrogens is 302 g/mol. The Labute approximate surface area is 142 Å². The van der Waals surface area contributed by atoms with Crippen LogP contribution < -0.4 is 9.80 Å². The SMILES string of the molecule is CCN1CCN(c2cnc(C(=O)N(C)c3ccccc3)cn2)CC1. The zero-order valence-electron chi connectivity index (χ0n) is 14.2. The van der Waals surface area contributed by atoms with E-state index in [1.165, 1.54) is 0 Å². The van der Waals surface area contributed by atoms with Gasteiger partial charge in [0.2, 0.25) is 0 Å². The van der Waals surface area contributed by atoms with Crippen LogP contribution in [0.4, 0.5) is 11.5 Å². The Bertz CT molecular complexity index is 666. The molecule has 0 saturated carbocycles. The molecular formula is C18H23N5O. The molecule has 0 atom stereocenters. The minimum absolute atomic E-state index is 0.156. The summed E-state index contributed by atoms with van der Waals surface area (Å²) in [4.78, 5) is 27.5. The van der Waals surface area contributed by atoms with Gasteiger partial charge in [0.1, 0.15) is 11.5 Å². The summed E-state index contributed by atoms with van der Waals surface area (Å²) in [5.74, 6) is 0.681. The number of para-hydroxylation sites is 1. The molecule has 1 amide bonds. The number of aromatic nitrogens is 2. The van der Waals surface area contributed by atoms with E-state index in [-0.39, 0.29) is 5.91 Å². The van der Waals surface area contributed by atoms with Gasteiger partial charge in [-0.3, -0.25) is 4.79 Å². The van der Waals surface area contributed by atoms with Gasteiger partial charge in [0.15, 0.2) is 0 Å². The van der Waals surface area contributed by atoms with Crippen molar-refractivity contribution < 1.29 is 4.79 Å². The van der Waals surface area contributed by atoms with Crippen molar-refractivity contribution in [1.82, 2.24) is 14.9 Å². The number of piperazine rings is 1. The number of hydrogen-bond donors (Lipinski definition) is 0. The van der Waals surface area contributed by atoms with Gasteiger partial charge >= 0.3 is 0 Å². The molecule has 0 radical (unpaired) electrons. The van der Waals surface area contributed by atoms with E-state index in [4.69, 9.17) is 0 Å². The quantitative estimate of drug-likeness (QED) is 0.859. The zero-order chi connectivity index (χ0) is 16.9. The van der Waals surface area contributed by atoms with Gasteiger partial charge in [-0.15, -0.1) is 0 Å². The first-order valence-electron chi connectivity index (χ1n) is 8.31. The Hall–Kier alpha value is -2.47. The second-order valence-electron chi connectivity index (χ2n) is 5.88. The summed E-state index contributed by atoms with van der Waals surface area (Å²) in [5.41, 5.74) is 1.20. The molecule has 1 aliphatic rings. The second-order valence-corrected chi connectivity index (χ2v) is 5.88. The van der Waals surface area contributed by atoms with Crippen molar-refractivity contribution in [2.45, 2.75) is 6.92 Å². The van der Waals surface area contributed by atoms with Gasteiger partial charge in [-0.25, -0.2) is 9.97 Å². The van der Waals surface area contributed by atoms with E-state index in [2.05, 4.69) is 26.7 Å². The maximum atomic E-state index is 12.5. The minimum Gasteiger partial charge on any atom is -0.353 e. The molecule has 6 heteroatoms. The van der Waals surface area contributed by atoms with E-state index >= 15 is 0 Å². The average Bonchev–Trinajstić information content (AvgIpc) is 2.68. The number of likely N-dealkylation sites (N-methyl/N-ethyl adjacent to an activating group) is 1. The summed E-state index contributed by atoms with van der Waals surface area (Å²) >= 11 is 0. The van der Waals surface area contributed by atoms with Gasteiger partial charge in [0.25, 0.3) is 5.91 Å². The number of amides is 1. The summed E-state index contributed by atoms with van der Waals surface area (Å²) in [6, 6.07) is 9.53. The summed E-state index contributed by atoms with van der Waals surface area (Å²) in [6.45, 7) is 7.22. The van der Waals surface area contributed by atoms with E-state index in [0.29, 0.717) is 5.69 Å². The first kappa shape index (κ1) is 16.4. The highest BCUT2D eigenvalue weighted by Crippen LogP contribution is 2.16. The van der Waals surface area contributed by atoms with Crippen molar-refractivity contribution in [3.63, 3.8) is 0 Å². The number of benzene rings is 1. The molecule has 3 rings (SSSR count). The van der Waals surface area contributed by atoms with E-state index in [0.717, 1.165) is 44.2 Å². The Morgan fingerprint density at radius 3 is 2.38 bits per heavy atom. The number of hydrogen-bond acceptors (Lipinski definition) is 5. The van der Waals surface area contributed by atoms with E-state index in [1.807, 2.05) is 30.3 Å². The van der Waals surface area contributed by atoms with Crippen molar-refractivity contribution in [2.75, 3.05) is 49.6 Å². The molecule has 126 valence electrons. The van der Waals surface area contributed by atoms with E-state index in [9.17, 15) is 4.79 Å². The van der Waals surface area contributed by atoms with Gasteiger partial charge in [-0.2, -0.15) is 0 Å². The van der Waals surface area contributed by atoms with E-state index in [1.54, 1.807) is 24.3 Å². The molecule has 2 heterocycles.